The van der Waals surface area contributed by atoms with Gasteiger partial charge in [0.2, 0.25) is 0 Å². The molecule has 3 aromatic rings. The molecule has 0 aliphatic heterocycles. The Labute approximate surface area is 142 Å². The zero-order chi connectivity index (χ0) is 16.9. The van der Waals surface area contributed by atoms with Crippen molar-refractivity contribution < 1.29 is 19.0 Å². The Morgan fingerprint density at radius 1 is 1.21 bits per heavy atom. The summed E-state index contributed by atoms with van der Waals surface area (Å²) in [5.41, 5.74) is 1.85. The van der Waals surface area contributed by atoms with Crippen LogP contribution in [-0.2, 0) is 17.8 Å². The predicted octanol–water partition coefficient (Wildman–Crippen LogP) is 4.16. The van der Waals surface area contributed by atoms with Crippen LogP contribution in [0.15, 0.2) is 53.9 Å². The van der Waals surface area contributed by atoms with Gasteiger partial charge in [0, 0.05) is 16.5 Å². The third-order valence-electron chi connectivity index (χ3n) is 3.32. The monoisotopic (exact) mass is 343 g/mol. The Hall–Kier alpha value is -2.73. The summed E-state index contributed by atoms with van der Waals surface area (Å²) >= 11 is 1.38. The number of carbonyl (C=O) groups is 1. The van der Waals surface area contributed by atoms with Crippen LogP contribution in [0.25, 0.3) is 10.6 Å². The van der Waals surface area contributed by atoms with E-state index in [0.29, 0.717) is 17.0 Å². The Kier molecular flexibility index (Phi) is 4.86. The Morgan fingerprint density at radius 3 is 2.83 bits per heavy atom. The van der Waals surface area contributed by atoms with Gasteiger partial charge < -0.3 is 9.84 Å². The molecule has 122 valence electrons. The first-order valence-corrected chi connectivity index (χ1v) is 8.12. The summed E-state index contributed by atoms with van der Waals surface area (Å²) in [5.74, 6) is -0.605. The molecule has 6 heteroatoms. The van der Waals surface area contributed by atoms with Crippen LogP contribution in [0.1, 0.15) is 11.3 Å². The molecule has 4 nitrogen and oxygen atoms in total. The van der Waals surface area contributed by atoms with Gasteiger partial charge in [0.15, 0.2) is 0 Å². The molecule has 0 amide bonds. The Bertz CT molecular complexity index is 863. The van der Waals surface area contributed by atoms with E-state index >= 15 is 0 Å². The van der Waals surface area contributed by atoms with Crippen molar-refractivity contribution in [2.45, 2.75) is 13.0 Å². The fourth-order valence-corrected chi connectivity index (χ4v) is 2.99. The minimum absolute atomic E-state index is 0.0972. The van der Waals surface area contributed by atoms with Crippen LogP contribution in [0.5, 0.6) is 5.75 Å². The smallest absolute Gasteiger partial charge is 0.309 e. The van der Waals surface area contributed by atoms with Crippen LogP contribution in [0, 0.1) is 5.82 Å². The van der Waals surface area contributed by atoms with Gasteiger partial charge >= 0.3 is 5.97 Å². The number of hydrogen-bond donors (Lipinski definition) is 1. The lowest BCUT2D eigenvalue weighted by atomic mass is 10.2. The highest BCUT2D eigenvalue weighted by Gasteiger charge is 2.09. The van der Waals surface area contributed by atoms with E-state index in [-0.39, 0.29) is 18.8 Å². The van der Waals surface area contributed by atoms with Gasteiger partial charge in [-0.2, -0.15) is 0 Å². The van der Waals surface area contributed by atoms with E-state index in [1.165, 1.54) is 17.4 Å². The molecule has 0 spiro atoms. The van der Waals surface area contributed by atoms with E-state index in [0.717, 1.165) is 10.6 Å². The number of carboxylic acids is 1. The second-order valence-corrected chi connectivity index (χ2v) is 5.98. The summed E-state index contributed by atoms with van der Waals surface area (Å²) in [5, 5.41) is 11.3. The molecule has 1 heterocycles. The van der Waals surface area contributed by atoms with Crippen molar-refractivity contribution in [1.29, 1.82) is 0 Å². The molecule has 3 rings (SSSR count). The summed E-state index contributed by atoms with van der Waals surface area (Å²) in [6, 6.07) is 13.8. The summed E-state index contributed by atoms with van der Waals surface area (Å²) in [7, 11) is 0. The molecule has 24 heavy (non-hydrogen) atoms. The summed E-state index contributed by atoms with van der Waals surface area (Å²) < 4.78 is 19.3. The number of rotatable bonds is 6. The van der Waals surface area contributed by atoms with Gasteiger partial charge in [-0.05, 0) is 18.2 Å². The number of carboxylic acid groups (broad SMARTS) is 1. The number of benzene rings is 2. The normalized spacial score (nSPS) is 10.5. The van der Waals surface area contributed by atoms with Crippen LogP contribution in [0.2, 0.25) is 0 Å². The van der Waals surface area contributed by atoms with Crippen molar-refractivity contribution in [2.75, 3.05) is 0 Å². The molecule has 0 fully saturated rings. The number of aromatic nitrogens is 1. The lowest BCUT2D eigenvalue weighted by Crippen LogP contribution is -2.00. The van der Waals surface area contributed by atoms with Gasteiger partial charge in [0.1, 0.15) is 23.2 Å². The largest absolute Gasteiger partial charge is 0.489 e. The number of aliphatic carboxylic acids is 1. The van der Waals surface area contributed by atoms with Crippen LogP contribution < -0.4 is 4.74 Å². The third-order valence-corrected chi connectivity index (χ3v) is 4.26. The minimum Gasteiger partial charge on any atom is -0.489 e. The second-order valence-electron chi connectivity index (χ2n) is 5.12. The molecule has 0 unspecified atom stereocenters. The van der Waals surface area contributed by atoms with Crippen molar-refractivity contribution in [3.8, 4) is 16.3 Å². The van der Waals surface area contributed by atoms with Crippen molar-refractivity contribution in [1.82, 2.24) is 4.98 Å². The zero-order valence-corrected chi connectivity index (χ0v) is 13.4. The first-order chi connectivity index (χ1) is 11.6. The van der Waals surface area contributed by atoms with Crippen LogP contribution >= 0.6 is 11.3 Å². The number of halogens is 1. The van der Waals surface area contributed by atoms with E-state index in [2.05, 4.69) is 4.98 Å². The van der Waals surface area contributed by atoms with Crippen LogP contribution in [-0.4, -0.2) is 16.1 Å². The summed E-state index contributed by atoms with van der Waals surface area (Å²) in [4.78, 5) is 15.0. The van der Waals surface area contributed by atoms with E-state index in [1.807, 2.05) is 18.2 Å². The molecule has 1 aromatic heterocycles. The highest BCUT2D eigenvalue weighted by atomic mass is 32.1. The van der Waals surface area contributed by atoms with Crippen molar-refractivity contribution in [3.63, 3.8) is 0 Å². The summed E-state index contributed by atoms with van der Waals surface area (Å²) in [6.07, 6.45) is -0.0972. The zero-order valence-electron chi connectivity index (χ0n) is 12.6. The maximum atomic E-state index is 13.6. The average molecular weight is 343 g/mol. The highest BCUT2D eigenvalue weighted by molar-refractivity contribution is 7.13. The van der Waals surface area contributed by atoms with Crippen LogP contribution in [0.3, 0.4) is 0 Å². The Morgan fingerprint density at radius 2 is 2.04 bits per heavy atom. The molecule has 0 aliphatic rings. The van der Waals surface area contributed by atoms with Gasteiger partial charge in [0.25, 0.3) is 0 Å². The van der Waals surface area contributed by atoms with Gasteiger partial charge in [-0.15, -0.1) is 11.3 Å². The third kappa shape index (κ3) is 3.97. The fourth-order valence-electron chi connectivity index (χ4n) is 2.17. The first kappa shape index (κ1) is 16.1. The predicted molar refractivity (Wildman–Crippen MR) is 89.6 cm³/mol. The number of nitrogens with zero attached hydrogens (tertiary/aromatic N) is 1. The SMILES string of the molecule is O=C(O)Cc1csc(-c2cccc(OCc3ccccc3F)c2)n1. The maximum absolute atomic E-state index is 13.6. The molecule has 0 saturated carbocycles. The van der Waals surface area contributed by atoms with E-state index in [9.17, 15) is 9.18 Å². The lowest BCUT2D eigenvalue weighted by Gasteiger charge is -2.08. The highest BCUT2D eigenvalue weighted by Crippen LogP contribution is 2.27. The average Bonchev–Trinajstić information content (AvgIpc) is 3.02. The second kappa shape index (κ2) is 7.23. The summed E-state index contributed by atoms with van der Waals surface area (Å²) in [6.45, 7) is 0.137. The van der Waals surface area contributed by atoms with E-state index < -0.39 is 5.97 Å². The quantitative estimate of drug-likeness (QED) is 0.730. The van der Waals surface area contributed by atoms with Gasteiger partial charge in [-0.3, -0.25) is 4.79 Å². The van der Waals surface area contributed by atoms with E-state index in [4.69, 9.17) is 9.84 Å². The van der Waals surface area contributed by atoms with Gasteiger partial charge in [-0.1, -0.05) is 30.3 Å². The fraction of sp³-hybridized carbons (Fsp3) is 0.111. The maximum Gasteiger partial charge on any atom is 0.309 e. The molecular weight excluding hydrogens is 329 g/mol. The van der Waals surface area contributed by atoms with Crippen molar-refractivity contribution in [3.05, 3.63) is 71.0 Å². The minimum atomic E-state index is -0.908. The van der Waals surface area contributed by atoms with Gasteiger partial charge in [-0.25, -0.2) is 9.37 Å². The number of thiazole rings is 1. The molecule has 1 N–H and O–H groups in total. The molecule has 0 radical (unpaired) electrons. The molecule has 0 atom stereocenters. The molecule has 0 bridgehead atoms. The van der Waals surface area contributed by atoms with E-state index in [1.54, 1.807) is 29.6 Å². The van der Waals surface area contributed by atoms with Gasteiger partial charge in [0.05, 0.1) is 12.1 Å². The molecule has 2 aromatic carbocycles. The topological polar surface area (TPSA) is 59.4 Å². The molecule has 0 saturated heterocycles. The van der Waals surface area contributed by atoms with Crippen LogP contribution in [0.4, 0.5) is 4.39 Å². The molecule has 0 aliphatic carbocycles. The number of ether oxygens (including phenoxy) is 1. The van der Waals surface area contributed by atoms with Crippen molar-refractivity contribution >= 4 is 17.3 Å². The Balaban J connectivity index is 1.73. The number of hydrogen-bond acceptors (Lipinski definition) is 4. The lowest BCUT2D eigenvalue weighted by molar-refractivity contribution is -0.136. The first-order valence-electron chi connectivity index (χ1n) is 7.24. The molecular formula is C18H14FNO3S. The standard InChI is InChI=1S/C18H14FNO3S/c19-16-7-2-1-4-13(16)10-23-15-6-3-5-12(8-15)18-20-14(11-24-18)9-17(21)22/h1-8,11H,9-10H2,(H,21,22). The van der Waals surface area contributed by atoms with Crippen molar-refractivity contribution in [2.24, 2.45) is 0 Å².